The molecule has 2 N–H and O–H groups in total. The van der Waals surface area contributed by atoms with Crippen molar-refractivity contribution in [1.29, 1.82) is 0 Å². The number of thiophene rings is 1. The van der Waals surface area contributed by atoms with E-state index < -0.39 is 9.84 Å². The molecule has 2 fully saturated rings. The molecule has 1 aromatic heterocycles. The Morgan fingerprint density at radius 3 is 2.70 bits per heavy atom. The molecule has 1 aromatic rings. The number of nitrogens with zero attached hydrogens (tertiary/aromatic N) is 3. The number of likely N-dealkylation sites (tertiary alicyclic amines) is 1. The van der Waals surface area contributed by atoms with Gasteiger partial charge in [0.1, 0.15) is 0 Å². The normalized spacial score (nSPS) is 25.5. The van der Waals surface area contributed by atoms with E-state index in [1.807, 2.05) is 11.3 Å². The first kappa shape index (κ1) is 25.8. The van der Waals surface area contributed by atoms with Gasteiger partial charge in [-0.05, 0) is 50.7 Å². The van der Waals surface area contributed by atoms with Crippen molar-refractivity contribution in [2.45, 2.75) is 25.8 Å². The third-order valence-electron chi connectivity index (χ3n) is 5.83. The van der Waals surface area contributed by atoms with Crippen molar-refractivity contribution in [1.82, 2.24) is 20.4 Å². The van der Waals surface area contributed by atoms with Crippen LogP contribution in [0.5, 0.6) is 0 Å². The van der Waals surface area contributed by atoms with Gasteiger partial charge in [0.05, 0.1) is 11.5 Å². The average molecular weight is 570 g/mol. The second-order valence-electron chi connectivity index (χ2n) is 7.98. The van der Waals surface area contributed by atoms with Gasteiger partial charge in [0.25, 0.3) is 0 Å². The number of rotatable bonds is 7. The molecule has 0 bridgehead atoms. The third kappa shape index (κ3) is 7.61. The van der Waals surface area contributed by atoms with Crippen LogP contribution in [0.25, 0.3) is 0 Å². The summed E-state index contributed by atoms with van der Waals surface area (Å²) in [5.41, 5.74) is 0. The Morgan fingerprint density at radius 2 is 2.03 bits per heavy atom. The van der Waals surface area contributed by atoms with Crippen LogP contribution in [0.1, 0.15) is 30.7 Å². The minimum atomic E-state index is -2.82. The van der Waals surface area contributed by atoms with E-state index in [4.69, 9.17) is 4.99 Å². The van der Waals surface area contributed by atoms with Crippen molar-refractivity contribution >= 4 is 51.1 Å². The van der Waals surface area contributed by atoms with Crippen molar-refractivity contribution in [2.24, 2.45) is 10.9 Å². The summed E-state index contributed by atoms with van der Waals surface area (Å²) in [5.74, 6) is 1.94. The van der Waals surface area contributed by atoms with Gasteiger partial charge in [0, 0.05) is 50.2 Å². The van der Waals surface area contributed by atoms with Crippen molar-refractivity contribution in [3.05, 3.63) is 22.4 Å². The van der Waals surface area contributed by atoms with Gasteiger partial charge < -0.3 is 10.6 Å². The first-order valence-corrected chi connectivity index (χ1v) is 13.4. The summed E-state index contributed by atoms with van der Waals surface area (Å²) >= 11 is 1.84. The van der Waals surface area contributed by atoms with E-state index >= 15 is 0 Å². The predicted octanol–water partition coefficient (Wildman–Crippen LogP) is 2.03. The molecule has 7 nitrogen and oxygen atoms in total. The SMILES string of the molecule is CCNC(=NCC1CCCN(C)C1c1cccs1)NCCN1CCS(=O)(=O)CC1.I. The first-order valence-electron chi connectivity index (χ1n) is 10.7. The fraction of sp³-hybridized carbons (Fsp3) is 0.750. The van der Waals surface area contributed by atoms with E-state index in [1.54, 1.807) is 0 Å². The number of aliphatic imine (C=N–C) groups is 1. The van der Waals surface area contributed by atoms with Crippen LogP contribution in [0.15, 0.2) is 22.5 Å². The van der Waals surface area contributed by atoms with E-state index in [1.165, 1.54) is 17.7 Å². The molecule has 0 amide bonds. The topological polar surface area (TPSA) is 77.0 Å². The smallest absolute Gasteiger partial charge is 0.191 e. The van der Waals surface area contributed by atoms with E-state index in [2.05, 4.69) is 51.9 Å². The van der Waals surface area contributed by atoms with Crippen LogP contribution in [0, 0.1) is 5.92 Å². The molecule has 3 heterocycles. The first-order chi connectivity index (χ1) is 14.0. The molecule has 3 rings (SSSR count). The molecule has 2 saturated heterocycles. The minimum Gasteiger partial charge on any atom is -0.357 e. The zero-order valence-corrected chi connectivity index (χ0v) is 22.0. The van der Waals surface area contributed by atoms with Crippen LogP contribution in [-0.4, -0.2) is 88.5 Å². The van der Waals surface area contributed by atoms with Crippen molar-refractivity contribution in [2.75, 3.05) is 64.4 Å². The lowest BCUT2D eigenvalue weighted by Gasteiger charge is -2.38. The highest BCUT2D eigenvalue weighted by molar-refractivity contribution is 14.0. The second-order valence-corrected chi connectivity index (χ2v) is 11.3. The van der Waals surface area contributed by atoms with Crippen molar-refractivity contribution in [3.63, 3.8) is 0 Å². The highest BCUT2D eigenvalue weighted by Gasteiger charge is 2.31. The maximum Gasteiger partial charge on any atom is 0.191 e. The van der Waals surface area contributed by atoms with Crippen LogP contribution in [0.3, 0.4) is 0 Å². The lowest BCUT2D eigenvalue weighted by atomic mass is 9.88. The minimum absolute atomic E-state index is 0. The van der Waals surface area contributed by atoms with Crippen LogP contribution in [0.4, 0.5) is 0 Å². The average Bonchev–Trinajstić information content (AvgIpc) is 3.21. The lowest BCUT2D eigenvalue weighted by molar-refractivity contribution is 0.128. The summed E-state index contributed by atoms with van der Waals surface area (Å²) in [6.07, 6.45) is 2.43. The Hall–Kier alpha value is -0.430. The maximum absolute atomic E-state index is 11.6. The van der Waals surface area contributed by atoms with E-state index in [0.717, 1.165) is 38.7 Å². The Balaban J connectivity index is 0.00000320. The Labute approximate surface area is 202 Å². The third-order valence-corrected chi connectivity index (χ3v) is 8.38. The number of hydrogen-bond donors (Lipinski definition) is 2. The van der Waals surface area contributed by atoms with E-state index in [9.17, 15) is 8.42 Å². The summed E-state index contributed by atoms with van der Waals surface area (Å²) in [6.45, 7) is 7.73. The largest absolute Gasteiger partial charge is 0.357 e. The summed E-state index contributed by atoms with van der Waals surface area (Å²) in [7, 11) is -0.592. The molecule has 0 saturated carbocycles. The predicted molar refractivity (Wildman–Crippen MR) is 137 cm³/mol. The number of hydrogen-bond acceptors (Lipinski definition) is 6. The number of halogens is 1. The molecule has 0 radical (unpaired) electrons. The standard InChI is InChI=1S/C20H35N5O2S2.HI/c1-3-21-20(22-8-10-25-11-14-29(26,27)15-12-25)23-16-17-6-4-9-24(2)19(17)18-7-5-13-28-18;/h5,7,13,17,19H,3-4,6,8-12,14-16H2,1-2H3,(H2,21,22,23);1H. The van der Waals surface area contributed by atoms with Gasteiger partial charge in [0.15, 0.2) is 15.8 Å². The van der Waals surface area contributed by atoms with Gasteiger partial charge in [-0.25, -0.2) is 8.42 Å². The molecule has 10 heteroatoms. The number of nitrogens with one attached hydrogen (secondary N) is 2. The molecule has 2 atom stereocenters. The molecular formula is C20H36IN5O2S2. The quantitative estimate of drug-likeness (QED) is 0.298. The van der Waals surface area contributed by atoms with Gasteiger partial charge in [-0.1, -0.05) is 6.07 Å². The van der Waals surface area contributed by atoms with E-state index in [-0.39, 0.29) is 35.5 Å². The van der Waals surface area contributed by atoms with Crippen LogP contribution >= 0.6 is 35.3 Å². The molecular weight excluding hydrogens is 533 g/mol. The molecule has 0 aromatic carbocycles. The summed E-state index contributed by atoms with van der Waals surface area (Å²) in [6, 6.07) is 4.83. The Kier molecular flexibility index (Phi) is 10.8. The maximum atomic E-state index is 11.6. The molecule has 2 aliphatic heterocycles. The van der Waals surface area contributed by atoms with Gasteiger partial charge in [-0.15, -0.1) is 35.3 Å². The summed E-state index contributed by atoms with van der Waals surface area (Å²) < 4.78 is 23.1. The zero-order chi connectivity index (χ0) is 20.7. The fourth-order valence-corrected chi connectivity index (χ4v) is 6.48. The highest BCUT2D eigenvalue weighted by atomic mass is 127. The molecule has 2 unspecified atom stereocenters. The lowest BCUT2D eigenvalue weighted by Crippen LogP contribution is -2.46. The molecule has 172 valence electrons. The number of piperidine rings is 1. The Morgan fingerprint density at radius 1 is 1.27 bits per heavy atom. The number of sulfone groups is 1. The van der Waals surface area contributed by atoms with Crippen LogP contribution in [-0.2, 0) is 9.84 Å². The fourth-order valence-electron chi connectivity index (χ4n) is 4.22. The molecule has 0 spiro atoms. The van der Waals surface area contributed by atoms with Gasteiger partial charge in [-0.2, -0.15) is 0 Å². The molecule has 0 aliphatic carbocycles. The monoisotopic (exact) mass is 569 g/mol. The zero-order valence-electron chi connectivity index (χ0n) is 18.0. The summed E-state index contributed by atoms with van der Waals surface area (Å²) in [4.78, 5) is 11.0. The van der Waals surface area contributed by atoms with E-state index in [0.29, 0.717) is 25.0 Å². The summed E-state index contributed by atoms with van der Waals surface area (Å²) in [5, 5.41) is 8.94. The molecule has 30 heavy (non-hydrogen) atoms. The van der Waals surface area contributed by atoms with Crippen molar-refractivity contribution < 1.29 is 8.42 Å². The highest BCUT2D eigenvalue weighted by Crippen LogP contribution is 2.37. The number of guanidine groups is 1. The molecule has 2 aliphatic rings. The Bertz CT molecular complexity index is 743. The van der Waals surface area contributed by atoms with Crippen LogP contribution in [0.2, 0.25) is 0 Å². The van der Waals surface area contributed by atoms with Gasteiger partial charge in [0.2, 0.25) is 0 Å². The van der Waals surface area contributed by atoms with Gasteiger partial charge >= 0.3 is 0 Å². The van der Waals surface area contributed by atoms with Crippen LogP contribution < -0.4 is 10.6 Å². The van der Waals surface area contributed by atoms with Gasteiger partial charge in [-0.3, -0.25) is 14.8 Å². The van der Waals surface area contributed by atoms with Crippen molar-refractivity contribution in [3.8, 4) is 0 Å². The second kappa shape index (κ2) is 12.6.